The number of hydrogen-bond acceptors (Lipinski definition) is 7. The van der Waals surface area contributed by atoms with Gasteiger partial charge in [0.2, 0.25) is 0 Å². The zero-order chi connectivity index (χ0) is 42.3. The molecule has 330 valence electrons. The lowest BCUT2D eigenvalue weighted by molar-refractivity contribution is -0.119. The minimum Gasteiger partial charge on any atom is -0.314 e. The Kier molecular flexibility index (Phi) is 30.4. The SMILES string of the molecule is CC.CC.CC.CC(=O)CC(C1CCCCC1)C1CCCCN1.CC(=O)CC(c1ccccc1)C1CCCCN1.CC(=O)CC(c1ccccn1)C1CCCCN1.[HH].[HH].[HH]. The molecule has 6 unspecified atom stereocenters. The summed E-state index contributed by atoms with van der Waals surface area (Å²) in [7, 11) is 0. The molecule has 4 fully saturated rings. The second-order valence-electron chi connectivity index (χ2n) is 15.8. The van der Waals surface area contributed by atoms with Gasteiger partial charge in [-0.05, 0) is 108 Å². The van der Waals surface area contributed by atoms with Crippen molar-refractivity contribution in [2.24, 2.45) is 11.8 Å². The molecule has 57 heavy (non-hydrogen) atoms. The number of rotatable bonds is 12. The third-order valence-electron chi connectivity index (χ3n) is 11.6. The van der Waals surface area contributed by atoms with Gasteiger partial charge in [0.05, 0.1) is 0 Å². The number of nitrogens with zero attached hydrogens (tertiary/aromatic N) is 1. The largest absolute Gasteiger partial charge is 0.314 e. The first-order chi connectivity index (χ1) is 27.8. The van der Waals surface area contributed by atoms with Gasteiger partial charge in [0.25, 0.3) is 0 Å². The first kappa shape index (κ1) is 52.3. The summed E-state index contributed by atoms with van der Waals surface area (Å²) in [6.45, 7) is 20.4. The maximum absolute atomic E-state index is 11.5. The quantitative estimate of drug-likeness (QED) is 0.197. The van der Waals surface area contributed by atoms with Crippen LogP contribution in [0.2, 0.25) is 0 Å². The van der Waals surface area contributed by atoms with E-state index in [2.05, 4.69) is 45.2 Å². The maximum atomic E-state index is 11.5. The molecular formula is C50H92N4O3. The molecule has 1 aromatic heterocycles. The van der Waals surface area contributed by atoms with Gasteiger partial charge < -0.3 is 30.3 Å². The highest BCUT2D eigenvalue weighted by atomic mass is 16.1. The first-order valence-electron chi connectivity index (χ1n) is 23.5. The average Bonchev–Trinajstić information content (AvgIpc) is 3.28. The molecule has 6 atom stereocenters. The fraction of sp³-hybridized carbons (Fsp3) is 0.720. The van der Waals surface area contributed by atoms with Crippen LogP contribution in [0.3, 0.4) is 0 Å². The Labute approximate surface area is 355 Å². The zero-order valence-electron chi connectivity index (χ0n) is 38.1. The van der Waals surface area contributed by atoms with Gasteiger partial charge in [0.15, 0.2) is 0 Å². The molecule has 6 rings (SSSR count). The van der Waals surface area contributed by atoms with Crippen LogP contribution in [0, 0.1) is 11.8 Å². The van der Waals surface area contributed by atoms with E-state index in [9.17, 15) is 14.4 Å². The van der Waals surface area contributed by atoms with Crippen molar-refractivity contribution < 1.29 is 18.7 Å². The Balaban J connectivity index is -0.000000745. The van der Waals surface area contributed by atoms with Crippen LogP contribution in [-0.2, 0) is 14.4 Å². The molecule has 1 aromatic carbocycles. The number of pyridine rings is 1. The lowest BCUT2D eigenvalue weighted by Gasteiger charge is -2.38. The Morgan fingerprint density at radius 2 is 0.982 bits per heavy atom. The van der Waals surface area contributed by atoms with Gasteiger partial charge in [-0.2, -0.15) is 0 Å². The Bertz CT molecular complexity index is 1190. The zero-order valence-corrected chi connectivity index (χ0v) is 38.1. The fourth-order valence-corrected chi connectivity index (χ4v) is 9.08. The molecule has 1 saturated carbocycles. The van der Waals surface area contributed by atoms with E-state index in [0.717, 1.165) is 44.1 Å². The second-order valence-corrected chi connectivity index (χ2v) is 15.8. The monoisotopic (exact) mass is 797 g/mol. The number of hydrogen-bond donors (Lipinski definition) is 3. The summed E-state index contributed by atoms with van der Waals surface area (Å²) >= 11 is 0. The van der Waals surface area contributed by atoms with E-state index in [1.165, 1.54) is 89.0 Å². The smallest absolute Gasteiger partial charge is 0.130 e. The molecule has 0 radical (unpaired) electrons. The topological polar surface area (TPSA) is 100 Å². The lowest BCUT2D eigenvalue weighted by atomic mass is 9.73. The summed E-state index contributed by atoms with van der Waals surface area (Å²) in [4.78, 5) is 38.8. The number of carbonyl (C=O) groups excluding carboxylic acids is 3. The van der Waals surface area contributed by atoms with Crippen LogP contribution in [0.5, 0.6) is 0 Å². The fourth-order valence-electron chi connectivity index (χ4n) is 9.08. The molecule has 2 aromatic rings. The van der Waals surface area contributed by atoms with Crippen LogP contribution in [0.4, 0.5) is 0 Å². The van der Waals surface area contributed by atoms with E-state index in [1.807, 2.05) is 72.0 Å². The predicted molar refractivity (Wildman–Crippen MR) is 249 cm³/mol. The van der Waals surface area contributed by atoms with Crippen molar-refractivity contribution in [2.45, 2.75) is 201 Å². The van der Waals surface area contributed by atoms with Gasteiger partial charge in [0.1, 0.15) is 17.3 Å². The van der Waals surface area contributed by atoms with Crippen LogP contribution in [-0.4, -0.2) is 60.1 Å². The third-order valence-corrected chi connectivity index (χ3v) is 11.6. The van der Waals surface area contributed by atoms with Crippen molar-refractivity contribution in [1.82, 2.24) is 20.9 Å². The average molecular weight is 797 g/mol. The van der Waals surface area contributed by atoms with Crippen molar-refractivity contribution in [3.63, 3.8) is 0 Å². The molecule has 4 heterocycles. The highest BCUT2D eigenvalue weighted by Crippen LogP contribution is 2.36. The predicted octanol–water partition coefficient (Wildman–Crippen LogP) is 12.3. The molecule has 7 heteroatoms. The minimum atomic E-state index is 0. The Hall–Kier alpha value is -2.74. The summed E-state index contributed by atoms with van der Waals surface area (Å²) in [5.41, 5.74) is 2.34. The molecule has 1 aliphatic carbocycles. The minimum absolute atomic E-state index is 0. The number of benzene rings is 1. The normalized spacial score (nSPS) is 22.1. The van der Waals surface area contributed by atoms with Crippen molar-refractivity contribution >= 4 is 17.3 Å². The summed E-state index contributed by atoms with van der Waals surface area (Å²) in [5.74, 6) is 2.91. The molecule has 3 aliphatic heterocycles. The number of Topliss-reactive ketones (excluding diaryl/α,β-unsaturated/α-hetero) is 3. The number of piperidine rings is 3. The summed E-state index contributed by atoms with van der Waals surface area (Å²) in [5, 5.41) is 10.8. The van der Waals surface area contributed by atoms with Crippen LogP contribution in [0.15, 0.2) is 54.7 Å². The van der Waals surface area contributed by atoms with Crippen molar-refractivity contribution in [3.05, 3.63) is 66.0 Å². The Morgan fingerprint density at radius 1 is 0.544 bits per heavy atom. The van der Waals surface area contributed by atoms with Crippen LogP contribution < -0.4 is 16.0 Å². The highest BCUT2D eigenvalue weighted by molar-refractivity contribution is 5.77. The standard InChI is InChI=1S/C15H27NO.C15H21NO.C14H20N2O.3C2H6.3H2/c2*1-12(17)11-14(13-7-3-2-4-8-13)15-9-5-6-10-16-15;1-11(17)10-12(13-6-2-4-8-15-13)14-7-3-5-9-16-14;3*1-2;;;/h13-16H,2-11H2,1H3;2-4,7-8,14-16H,5-6,9-11H2,1H3;2,4,6,8,12,14,16H,3,5,7,9-10H2,1H3;3*1-2H3;3*1H. The molecule has 0 amide bonds. The van der Waals surface area contributed by atoms with Gasteiger partial charge >= 0.3 is 0 Å². The maximum Gasteiger partial charge on any atom is 0.130 e. The van der Waals surface area contributed by atoms with E-state index in [0.29, 0.717) is 48.6 Å². The number of aromatic nitrogens is 1. The number of nitrogens with one attached hydrogen (secondary N) is 3. The molecular weight excluding hydrogens is 705 g/mol. The number of carbonyl (C=O) groups is 3. The van der Waals surface area contributed by atoms with Crippen molar-refractivity contribution in [1.29, 1.82) is 0 Å². The molecule has 0 spiro atoms. The molecule has 3 N–H and O–H groups in total. The van der Waals surface area contributed by atoms with E-state index < -0.39 is 0 Å². The lowest BCUT2D eigenvalue weighted by Crippen LogP contribution is -2.44. The van der Waals surface area contributed by atoms with Gasteiger partial charge in [-0.25, -0.2) is 0 Å². The van der Waals surface area contributed by atoms with Gasteiger partial charge in [-0.3, -0.25) is 4.98 Å². The summed E-state index contributed by atoms with van der Waals surface area (Å²) in [6, 6.07) is 17.9. The van der Waals surface area contributed by atoms with Gasteiger partial charge in [0, 0.05) is 65.4 Å². The van der Waals surface area contributed by atoms with E-state index >= 15 is 0 Å². The molecule has 4 aliphatic rings. The van der Waals surface area contributed by atoms with E-state index in [4.69, 9.17) is 0 Å². The first-order valence-corrected chi connectivity index (χ1v) is 23.5. The third kappa shape index (κ3) is 21.2. The highest BCUT2D eigenvalue weighted by Gasteiger charge is 2.32. The van der Waals surface area contributed by atoms with E-state index in [-0.39, 0.29) is 21.8 Å². The summed E-state index contributed by atoms with van der Waals surface area (Å²) in [6.07, 6.45) is 22.1. The molecule has 3 saturated heterocycles. The Morgan fingerprint density at radius 3 is 1.42 bits per heavy atom. The molecule has 7 nitrogen and oxygen atoms in total. The van der Waals surface area contributed by atoms with Crippen LogP contribution in [0.25, 0.3) is 0 Å². The number of ketones is 3. The van der Waals surface area contributed by atoms with Crippen molar-refractivity contribution in [2.75, 3.05) is 19.6 Å². The van der Waals surface area contributed by atoms with Gasteiger partial charge in [-0.15, -0.1) is 0 Å². The van der Waals surface area contributed by atoms with Crippen LogP contribution in [0.1, 0.15) is 199 Å². The summed E-state index contributed by atoms with van der Waals surface area (Å²) < 4.78 is 0. The van der Waals surface area contributed by atoms with Gasteiger partial charge in [-0.1, -0.05) is 129 Å². The molecule has 0 bridgehead atoms. The second kappa shape index (κ2) is 33.1. The van der Waals surface area contributed by atoms with E-state index in [1.54, 1.807) is 20.8 Å². The van der Waals surface area contributed by atoms with Crippen LogP contribution >= 0.6 is 0 Å². The van der Waals surface area contributed by atoms with Crippen molar-refractivity contribution in [3.8, 4) is 0 Å².